The number of carbonyl (C=O) groups excluding carboxylic acids is 3. The van der Waals surface area contributed by atoms with E-state index >= 15 is 0 Å². The summed E-state index contributed by atoms with van der Waals surface area (Å²) in [6, 6.07) is 0. The van der Waals surface area contributed by atoms with Crippen LogP contribution in [-0.4, -0.2) is 44.0 Å². The number of rotatable bonds is 6. The minimum atomic E-state index is -0.772. The Bertz CT molecular complexity index is 360. The molecule has 0 aromatic rings. The maximum atomic E-state index is 11.2. The standard InChI is InChI=1S/C11H14O7/c1-7(2)10(13)15-4-3-9(12)16-5-8-6-17-11(14)18-8/h8H,1,3-6H2,2H3. The molecule has 1 atom stereocenters. The Balaban J connectivity index is 2.09. The van der Waals surface area contributed by atoms with E-state index in [1.165, 1.54) is 6.92 Å². The third-order valence-corrected chi connectivity index (χ3v) is 1.97. The molecule has 1 rings (SSSR count). The Kier molecular flexibility index (Phi) is 5.16. The van der Waals surface area contributed by atoms with Crippen LogP contribution >= 0.6 is 0 Å². The van der Waals surface area contributed by atoms with Crippen molar-refractivity contribution in [3.8, 4) is 0 Å². The van der Waals surface area contributed by atoms with Gasteiger partial charge in [0.25, 0.3) is 0 Å². The van der Waals surface area contributed by atoms with Gasteiger partial charge in [-0.1, -0.05) is 6.58 Å². The molecule has 0 N–H and O–H groups in total. The molecule has 0 radical (unpaired) electrons. The highest BCUT2D eigenvalue weighted by molar-refractivity contribution is 5.87. The third-order valence-electron chi connectivity index (χ3n) is 1.97. The van der Waals surface area contributed by atoms with Crippen LogP contribution in [0.25, 0.3) is 0 Å². The van der Waals surface area contributed by atoms with E-state index in [0.29, 0.717) is 0 Å². The third kappa shape index (κ3) is 4.86. The number of cyclic esters (lactones) is 2. The minimum absolute atomic E-state index is 0.0662. The summed E-state index contributed by atoms with van der Waals surface area (Å²) >= 11 is 0. The fourth-order valence-corrected chi connectivity index (χ4v) is 1.06. The van der Waals surface area contributed by atoms with Gasteiger partial charge in [0.2, 0.25) is 0 Å². The molecule has 1 fully saturated rings. The van der Waals surface area contributed by atoms with Crippen molar-refractivity contribution in [2.75, 3.05) is 19.8 Å². The first-order valence-corrected chi connectivity index (χ1v) is 5.30. The highest BCUT2D eigenvalue weighted by Gasteiger charge is 2.26. The van der Waals surface area contributed by atoms with Gasteiger partial charge in [-0.3, -0.25) is 4.79 Å². The first-order valence-electron chi connectivity index (χ1n) is 5.30. The fraction of sp³-hybridized carbons (Fsp3) is 0.545. The molecule has 1 aliphatic rings. The first-order chi connectivity index (χ1) is 8.49. The molecule has 100 valence electrons. The average Bonchev–Trinajstić information content (AvgIpc) is 2.72. The van der Waals surface area contributed by atoms with Gasteiger partial charge in [0, 0.05) is 5.57 Å². The normalized spacial score (nSPS) is 17.6. The van der Waals surface area contributed by atoms with Gasteiger partial charge in [0.05, 0.1) is 6.42 Å². The van der Waals surface area contributed by atoms with Gasteiger partial charge in [-0.25, -0.2) is 9.59 Å². The molecule has 1 heterocycles. The SMILES string of the molecule is C=C(C)C(=O)OCCC(=O)OCC1COC(=O)O1. The topological polar surface area (TPSA) is 88.1 Å². The summed E-state index contributed by atoms with van der Waals surface area (Å²) in [5.41, 5.74) is 0.262. The average molecular weight is 258 g/mol. The van der Waals surface area contributed by atoms with Crippen LogP contribution in [0.5, 0.6) is 0 Å². The first kappa shape index (κ1) is 14.0. The van der Waals surface area contributed by atoms with Crippen LogP contribution in [0.4, 0.5) is 4.79 Å². The fourth-order valence-electron chi connectivity index (χ4n) is 1.06. The molecule has 0 bridgehead atoms. The minimum Gasteiger partial charge on any atom is -0.462 e. The van der Waals surface area contributed by atoms with Crippen LogP contribution < -0.4 is 0 Å². The van der Waals surface area contributed by atoms with Crippen LogP contribution in [0.3, 0.4) is 0 Å². The Morgan fingerprint density at radius 3 is 2.72 bits per heavy atom. The maximum absolute atomic E-state index is 11.2. The largest absolute Gasteiger partial charge is 0.508 e. The van der Waals surface area contributed by atoms with E-state index in [0.717, 1.165) is 0 Å². The lowest BCUT2D eigenvalue weighted by Gasteiger charge is -2.08. The van der Waals surface area contributed by atoms with Crippen LogP contribution in [0.15, 0.2) is 12.2 Å². The van der Waals surface area contributed by atoms with E-state index in [9.17, 15) is 14.4 Å². The summed E-state index contributed by atoms with van der Waals surface area (Å²) in [5, 5.41) is 0. The van der Waals surface area contributed by atoms with E-state index < -0.39 is 24.2 Å². The van der Waals surface area contributed by atoms with Crippen molar-refractivity contribution < 1.29 is 33.3 Å². The number of carbonyl (C=O) groups is 3. The lowest BCUT2D eigenvalue weighted by Crippen LogP contribution is -2.21. The zero-order valence-corrected chi connectivity index (χ0v) is 9.97. The summed E-state index contributed by atoms with van der Waals surface area (Å²) in [7, 11) is 0. The van der Waals surface area contributed by atoms with Crippen molar-refractivity contribution in [1.82, 2.24) is 0 Å². The van der Waals surface area contributed by atoms with Gasteiger partial charge >= 0.3 is 18.1 Å². The van der Waals surface area contributed by atoms with Crippen molar-refractivity contribution in [2.45, 2.75) is 19.4 Å². The lowest BCUT2D eigenvalue weighted by atomic mass is 10.3. The van der Waals surface area contributed by atoms with Crippen molar-refractivity contribution in [3.05, 3.63) is 12.2 Å². The van der Waals surface area contributed by atoms with Gasteiger partial charge in [-0.15, -0.1) is 0 Å². The summed E-state index contributed by atoms with van der Waals surface area (Å²) < 4.78 is 18.7. The van der Waals surface area contributed by atoms with E-state index in [2.05, 4.69) is 16.1 Å². The monoisotopic (exact) mass is 258 g/mol. The molecule has 7 heteroatoms. The smallest absolute Gasteiger partial charge is 0.462 e. The van der Waals surface area contributed by atoms with Crippen LogP contribution in [0.1, 0.15) is 13.3 Å². The Labute approximate surface area is 104 Å². The predicted octanol–water partition coefficient (Wildman–Crippen LogP) is 0.574. The molecule has 0 spiro atoms. The van der Waals surface area contributed by atoms with Crippen molar-refractivity contribution in [2.24, 2.45) is 0 Å². The molecular formula is C11H14O7. The van der Waals surface area contributed by atoms with Gasteiger partial charge in [0.15, 0.2) is 6.10 Å². The highest BCUT2D eigenvalue weighted by atomic mass is 16.8. The van der Waals surface area contributed by atoms with Gasteiger partial charge in [-0.2, -0.15) is 0 Å². The van der Waals surface area contributed by atoms with Crippen LogP contribution in [-0.2, 0) is 28.5 Å². The van der Waals surface area contributed by atoms with Crippen molar-refractivity contribution in [1.29, 1.82) is 0 Å². The van der Waals surface area contributed by atoms with E-state index in [-0.39, 0.29) is 31.8 Å². The Hall–Kier alpha value is -2.05. The number of esters is 2. The lowest BCUT2D eigenvalue weighted by molar-refractivity contribution is -0.149. The molecule has 1 saturated heterocycles. The van der Waals surface area contributed by atoms with Crippen LogP contribution in [0, 0.1) is 0 Å². The van der Waals surface area contributed by atoms with Gasteiger partial charge in [0.1, 0.15) is 19.8 Å². The molecule has 0 amide bonds. The molecule has 0 aromatic heterocycles. The molecule has 0 aromatic carbocycles. The predicted molar refractivity (Wildman–Crippen MR) is 57.6 cm³/mol. The number of hydrogen-bond donors (Lipinski definition) is 0. The van der Waals surface area contributed by atoms with E-state index in [1.54, 1.807) is 0 Å². The van der Waals surface area contributed by atoms with Crippen molar-refractivity contribution in [3.63, 3.8) is 0 Å². The molecule has 1 unspecified atom stereocenters. The zero-order valence-electron chi connectivity index (χ0n) is 9.97. The Morgan fingerprint density at radius 1 is 1.44 bits per heavy atom. The summed E-state index contributed by atoms with van der Waals surface area (Å²) in [6.45, 7) is 4.82. The Morgan fingerprint density at radius 2 is 2.17 bits per heavy atom. The second-order valence-corrected chi connectivity index (χ2v) is 3.65. The maximum Gasteiger partial charge on any atom is 0.508 e. The van der Waals surface area contributed by atoms with E-state index in [1.807, 2.05) is 0 Å². The molecular weight excluding hydrogens is 244 g/mol. The molecule has 1 aliphatic heterocycles. The summed E-state index contributed by atoms with van der Waals surface area (Å²) in [5.74, 6) is -1.10. The van der Waals surface area contributed by atoms with Gasteiger partial charge < -0.3 is 18.9 Å². The van der Waals surface area contributed by atoms with Gasteiger partial charge in [-0.05, 0) is 6.92 Å². The number of ether oxygens (including phenoxy) is 4. The van der Waals surface area contributed by atoms with E-state index in [4.69, 9.17) is 9.47 Å². The second kappa shape index (κ2) is 6.63. The zero-order chi connectivity index (χ0) is 13.5. The number of hydrogen-bond acceptors (Lipinski definition) is 7. The van der Waals surface area contributed by atoms with Crippen molar-refractivity contribution >= 4 is 18.1 Å². The molecule has 0 aliphatic carbocycles. The highest BCUT2D eigenvalue weighted by Crippen LogP contribution is 2.06. The molecule has 18 heavy (non-hydrogen) atoms. The second-order valence-electron chi connectivity index (χ2n) is 3.65. The summed E-state index contributed by atoms with van der Waals surface area (Å²) in [6.07, 6.45) is -1.41. The van der Waals surface area contributed by atoms with Crippen LogP contribution in [0.2, 0.25) is 0 Å². The summed E-state index contributed by atoms with van der Waals surface area (Å²) in [4.78, 5) is 32.8. The quantitative estimate of drug-likeness (QED) is 0.391. The molecule has 0 saturated carbocycles. The molecule has 7 nitrogen and oxygen atoms in total.